The quantitative estimate of drug-likeness (QED) is 0.536. The van der Waals surface area contributed by atoms with Gasteiger partial charge in [-0.3, -0.25) is 4.90 Å². The van der Waals surface area contributed by atoms with E-state index in [9.17, 15) is 0 Å². The summed E-state index contributed by atoms with van der Waals surface area (Å²) >= 11 is 0. The second kappa shape index (κ2) is 2.23. The third-order valence-electron chi connectivity index (χ3n) is 3.15. The van der Waals surface area contributed by atoms with E-state index in [4.69, 9.17) is 0 Å². The molecule has 0 spiro atoms. The number of nitrogens with zero attached hydrogens (tertiary/aromatic N) is 1. The number of hydrogen-bond donors (Lipinski definition) is 0. The average molecular weight is 139 g/mol. The van der Waals surface area contributed by atoms with E-state index in [0.717, 1.165) is 18.0 Å². The molecule has 2 rings (SSSR count). The van der Waals surface area contributed by atoms with Crippen molar-refractivity contribution in [1.82, 2.24) is 4.90 Å². The Morgan fingerprint density at radius 2 is 2.10 bits per heavy atom. The molecular weight excluding hydrogens is 122 g/mol. The molecule has 10 heavy (non-hydrogen) atoms. The van der Waals surface area contributed by atoms with E-state index in [2.05, 4.69) is 18.7 Å². The van der Waals surface area contributed by atoms with E-state index >= 15 is 0 Å². The van der Waals surface area contributed by atoms with Gasteiger partial charge in [-0.2, -0.15) is 0 Å². The van der Waals surface area contributed by atoms with Crippen LogP contribution in [0, 0.1) is 5.92 Å². The molecule has 2 fully saturated rings. The van der Waals surface area contributed by atoms with Crippen molar-refractivity contribution in [3.63, 3.8) is 0 Å². The van der Waals surface area contributed by atoms with E-state index in [1.54, 1.807) is 0 Å². The molecule has 1 heterocycles. The maximum atomic E-state index is 2.65. The van der Waals surface area contributed by atoms with Crippen LogP contribution in [0.3, 0.4) is 0 Å². The average Bonchev–Trinajstić information content (AvgIpc) is 2.11. The first-order valence-electron chi connectivity index (χ1n) is 4.55. The molecule has 0 N–H and O–H groups in total. The zero-order chi connectivity index (χ0) is 7.14. The lowest BCUT2D eigenvalue weighted by molar-refractivity contribution is 0.00979. The van der Waals surface area contributed by atoms with Gasteiger partial charge in [0, 0.05) is 18.6 Å². The minimum atomic E-state index is 0.791. The first kappa shape index (κ1) is 6.66. The van der Waals surface area contributed by atoms with Gasteiger partial charge in [0.2, 0.25) is 0 Å². The van der Waals surface area contributed by atoms with Gasteiger partial charge in [0.1, 0.15) is 0 Å². The maximum Gasteiger partial charge on any atom is 0.0139 e. The molecule has 0 unspecified atom stereocenters. The molecule has 2 aliphatic rings. The number of fused-ring (bicyclic) bond motifs is 1. The Bertz CT molecular complexity index is 131. The van der Waals surface area contributed by atoms with Gasteiger partial charge in [-0.1, -0.05) is 6.42 Å². The van der Waals surface area contributed by atoms with Gasteiger partial charge in [0.05, 0.1) is 0 Å². The van der Waals surface area contributed by atoms with Crippen molar-refractivity contribution in [3.8, 4) is 0 Å². The highest BCUT2D eigenvalue weighted by atomic mass is 15.2. The smallest absolute Gasteiger partial charge is 0.0139 e. The highest BCUT2D eigenvalue weighted by Gasteiger charge is 2.42. The van der Waals surface area contributed by atoms with Crippen molar-refractivity contribution in [1.29, 1.82) is 0 Å². The van der Waals surface area contributed by atoms with E-state index in [0.29, 0.717) is 0 Å². The molecule has 0 aromatic heterocycles. The highest BCUT2D eigenvalue weighted by molar-refractivity contribution is 4.97. The zero-order valence-electron chi connectivity index (χ0n) is 7.01. The standard InChI is InChI=1S/C9H17N/c1-7(2)10-6-8-4-3-5-9(8)10/h7-9H,3-6H2,1-2H3/t8-,9-/m1/s1. The Balaban J connectivity index is 1.94. The lowest BCUT2D eigenvalue weighted by atomic mass is 9.90. The van der Waals surface area contributed by atoms with Crippen LogP contribution >= 0.6 is 0 Å². The van der Waals surface area contributed by atoms with Crippen LogP contribution in [0.5, 0.6) is 0 Å². The van der Waals surface area contributed by atoms with Crippen LogP contribution in [0.4, 0.5) is 0 Å². The maximum absolute atomic E-state index is 2.65. The summed E-state index contributed by atoms with van der Waals surface area (Å²) in [5.74, 6) is 1.09. The van der Waals surface area contributed by atoms with Crippen molar-refractivity contribution in [2.75, 3.05) is 6.54 Å². The van der Waals surface area contributed by atoms with Gasteiger partial charge in [-0.25, -0.2) is 0 Å². The summed E-state index contributed by atoms with van der Waals surface area (Å²) < 4.78 is 0. The fraction of sp³-hybridized carbons (Fsp3) is 1.00. The molecule has 0 amide bonds. The van der Waals surface area contributed by atoms with Crippen molar-refractivity contribution in [2.45, 2.75) is 45.2 Å². The number of likely N-dealkylation sites (tertiary alicyclic amines) is 1. The Labute approximate surface area is 63.4 Å². The highest BCUT2D eigenvalue weighted by Crippen LogP contribution is 2.39. The van der Waals surface area contributed by atoms with Crippen LogP contribution in [0.15, 0.2) is 0 Å². The lowest BCUT2D eigenvalue weighted by Gasteiger charge is -2.47. The van der Waals surface area contributed by atoms with E-state index in [1.807, 2.05) is 0 Å². The normalized spacial score (nSPS) is 39.9. The van der Waals surface area contributed by atoms with Gasteiger partial charge in [-0.05, 0) is 32.6 Å². The SMILES string of the molecule is CC(C)N1C[C@H]2CCC[C@H]21. The molecule has 0 aromatic rings. The summed E-state index contributed by atoms with van der Waals surface area (Å²) in [4.78, 5) is 2.65. The third-order valence-corrected chi connectivity index (χ3v) is 3.15. The van der Waals surface area contributed by atoms with Crippen molar-refractivity contribution >= 4 is 0 Å². The molecular formula is C9H17N. The molecule has 0 aromatic carbocycles. The predicted octanol–water partition coefficient (Wildman–Crippen LogP) is 1.88. The summed E-state index contributed by atoms with van der Waals surface area (Å²) in [6, 6.07) is 1.78. The lowest BCUT2D eigenvalue weighted by Crippen LogP contribution is -2.56. The summed E-state index contributed by atoms with van der Waals surface area (Å²) in [6.45, 7) is 6.02. The molecule has 1 heteroatoms. The number of hydrogen-bond acceptors (Lipinski definition) is 1. The van der Waals surface area contributed by atoms with E-state index in [-0.39, 0.29) is 0 Å². The second-order valence-electron chi connectivity index (χ2n) is 4.05. The number of rotatable bonds is 1. The molecule has 0 radical (unpaired) electrons. The molecule has 1 saturated carbocycles. The van der Waals surface area contributed by atoms with Gasteiger partial charge in [0.15, 0.2) is 0 Å². The molecule has 0 bridgehead atoms. The van der Waals surface area contributed by atoms with Gasteiger partial charge in [-0.15, -0.1) is 0 Å². The Hall–Kier alpha value is -0.0400. The minimum absolute atomic E-state index is 0.791. The summed E-state index contributed by atoms with van der Waals surface area (Å²) in [5, 5.41) is 0. The second-order valence-corrected chi connectivity index (χ2v) is 4.05. The van der Waals surface area contributed by atoms with Crippen LogP contribution in [0.2, 0.25) is 0 Å². The van der Waals surface area contributed by atoms with E-state index in [1.165, 1.54) is 25.8 Å². The minimum Gasteiger partial charge on any atom is -0.297 e. The molecule has 1 saturated heterocycles. The van der Waals surface area contributed by atoms with Crippen molar-refractivity contribution < 1.29 is 0 Å². The van der Waals surface area contributed by atoms with Crippen LogP contribution in [-0.4, -0.2) is 23.5 Å². The zero-order valence-corrected chi connectivity index (χ0v) is 7.01. The van der Waals surface area contributed by atoms with Crippen LogP contribution in [0.25, 0.3) is 0 Å². The Morgan fingerprint density at radius 1 is 1.30 bits per heavy atom. The molecule has 1 aliphatic carbocycles. The molecule has 1 aliphatic heterocycles. The Kier molecular flexibility index (Phi) is 1.48. The fourth-order valence-electron chi connectivity index (χ4n) is 2.53. The van der Waals surface area contributed by atoms with Gasteiger partial charge < -0.3 is 0 Å². The predicted molar refractivity (Wildman–Crippen MR) is 43.0 cm³/mol. The Morgan fingerprint density at radius 3 is 2.70 bits per heavy atom. The summed E-state index contributed by atoms with van der Waals surface area (Å²) in [7, 11) is 0. The van der Waals surface area contributed by atoms with Crippen LogP contribution in [0.1, 0.15) is 33.1 Å². The largest absolute Gasteiger partial charge is 0.297 e. The van der Waals surface area contributed by atoms with Crippen molar-refractivity contribution in [2.24, 2.45) is 5.92 Å². The molecule has 58 valence electrons. The van der Waals surface area contributed by atoms with Crippen LogP contribution < -0.4 is 0 Å². The first-order chi connectivity index (χ1) is 4.79. The summed E-state index contributed by atoms with van der Waals surface area (Å²) in [5.41, 5.74) is 0. The summed E-state index contributed by atoms with van der Waals surface area (Å²) in [6.07, 6.45) is 4.47. The molecule has 1 nitrogen and oxygen atoms in total. The third kappa shape index (κ3) is 0.800. The van der Waals surface area contributed by atoms with Gasteiger partial charge in [0.25, 0.3) is 0 Å². The van der Waals surface area contributed by atoms with Crippen LogP contribution in [-0.2, 0) is 0 Å². The van der Waals surface area contributed by atoms with Gasteiger partial charge >= 0.3 is 0 Å². The molecule has 2 atom stereocenters. The first-order valence-corrected chi connectivity index (χ1v) is 4.55. The fourth-order valence-corrected chi connectivity index (χ4v) is 2.53. The monoisotopic (exact) mass is 139 g/mol. The topological polar surface area (TPSA) is 3.24 Å². The van der Waals surface area contributed by atoms with E-state index < -0.39 is 0 Å². The van der Waals surface area contributed by atoms with Crippen molar-refractivity contribution in [3.05, 3.63) is 0 Å².